The van der Waals surface area contributed by atoms with Gasteiger partial charge in [0.05, 0.1) is 10.9 Å². The van der Waals surface area contributed by atoms with Crippen LogP contribution in [0.4, 0.5) is 19.0 Å². The maximum Gasteiger partial charge on any atom is 0.416 e. The molecule has 0 amide bonds. The second kappa shape index (κ2) is 6.42. The van der Waals surface area contributed by atoms with Gasteiger partial charge in [-0.25, -0.2) is 9.97 Å². The highest BCUT2D eigenvalue weighted by Crippen LogP contribution is 2.36. The van der Waals surface area contributed by atoms with Crippen molar-refractivity contribution in [3.63, 3.8) is 0 Å². The molecule has 2 aromatic carbocycles. The quantitative estimate of drug-likeness (QED) is 0.544. The third-order valence-corrected chi connectivity index (χ3v) is 4.36. The van der Waals surface area contributed by atoms with Crippen molar-refractivity contribution in [3.8, 4) is 16.8 Å². The molecule has 4 nitrogen and oxygen atoms in total. The molecule has 2 aromatic heterocycles. The molecule has 0 bridgehead atoms. The van der Waals surface area contributed by atoms with Gasteiger partial charge in [-0.05, 0) is 23.8 Å². The van der Waals surface area contributed by atoms with Crippen molar-refractivity contribution in [3.05, 3.63) is 72.7 Å². The third kappa shape index (κ3) is 3.01. The second-order valence-electron chi connectivity index (χ2n) is 6.00. The summed E-state index contributed by atoms with van der Waals surface area (Å²) < 4.78 is 41.1. The van der Waals surface area contributed by atoms with E-state index in [-0.39, 0.29) is 0 Å². The molecule has 0 atom stereocenters. The van der Waals surface area contributed by atoms with E-state index < -0.39 is 11.7 Å². The first-order chi connectivity index (χ1) is 13.0. The van der Waals surface area contributed by atoms with E-state index in [0.29, 0.717) is 17.2 Å². The fraction of sp³-hybridized carbons (Fsp3) is 0.100. The van der Waals surface area contributed by atoms with Crippen LogP contribution < -0.4 is 5.32 Å². The molecule has 0 aliphatic heterocycles. The van der Waals surface area contributed by atoms with Crippen molar-refractivity contribution >= 4 is 16.9 Å². The Bertz CT molecular complexity index is 1100. The van der Waals surface area contributed by atoms with Gasteiger partial charge in [-0.3, -0.25) is 0 Å². The zero-order valence-corrected chi connectivity index (χ0v) is 14.3. The number of nitrogens with zero attached hydrogens (tertiary/aromatic N) is 3. The molecule has 0 spiro atoms. The Kier molecular flexibility index (Phi) is 4.07. The number of hydrogen-bond donors (Lipinski definition) is 1. The molecule has 0 aliphatic rings. The van der Waals surface area contributed by atoms with Gasteiger partial charge in [-0.1, -0.05) is 36.4 Å². The molecule has 0 unspecified atom stereocenters. The van der Waals surface area contributed by atoms with Crippen molar-refractivity contribution in [2.75, 3.05) is 12.4 Å². The number of alkyl halides is 3. The van der Waals surface area contributed by atoms with Gasteiger partial charge in [0.1, 0.15) is 12.1 Å². The van der Waals surface area contributed by atoms with Crippen LogP contribution in [0.3, 0.4) is 0 Å². The monoisotopic (exact) mass is 368 g/mol. The van der Waals surface area contributed by atoms with Gasteiger partial charge < -0.3 is 9.88 Å². The third-order valence-electron chi connectivity index (χ3n) is 4.36. The predicted octanol–water partition coefficient (Wildman–Crippen LogP) is 5.15. The van der Waals surface area contributed by atoms with Gasteiger partial charge >= 0.3 is 6.18 Å². The molecule has 1 N–H and O–H groups in total. The minimum Gasteiger partial charge on any atom is -0.372 e. The van der Waals surface area contributed by atoms with Crippen molar-refractivity contribution in [2.24, 2.45) is 0 Å². The van der Waals surface area contributed by atoms with Crippen molar-refractivity contribution in [1.29, 1.82) is 0 Å². The molecule has 2 heterocycles. The van der Waals surface area contributed by atoms with Gasteiger partial charge in [0.25, 0.3) is 0 Å². The Morgan fingerprint density at radius 2 is 1.74 bits per heavy atom. The first-order valence-electron chi connectivity index (χ1n) is 8.26. The van der Waals surface area contributed by atoms with Crippen LogP contribution in [0.5, 0.6) is 0 Å². The zero-order chi connectivity index (χ0) is 19.0. The number of aromatic nitrogens is 3. The minimum atomic E-state index is -4.41. The van der Waals surface area contributed by atoms with E-state index in [4.69, 9.17) is 0 Å². The first kappa shape index (κ1) is 17.1. The van der Waals surface area contributed by atoms with E-state index in [9.17, 15) is 13.2 Å². The smallest absolute Gasteiger partial charge is 0.372 e. The molecular formula is C20H15F3N4. The summed E-state index contributed by atoms with van der Waals surface area (Å²) in [4.78, 5) is 8.59. The first-order valence-corrected chi connectivity index (χ1v) is 8.26. The van der Waals surface area contributed by atoms with Crippen LogP contribution in [0.15, 0.2) is 67.1 Å². The summed E-state index contributed by atoms with van der Waals surface area (Å²) >= 11 is 0. The maximum atomic E-state index is 13.1. The van der Waals surface area contributed by atoms with E-state index in [0.717, 1.165) is 28.6 Å². The average Bonchev–Trinajstić information content (AvgIpc) is 3.08. The number of nitrogens with one attached hydrogen (secondary N) is 1. The SMILES string of the molecule is CNc1ncnc2c1c(-c1ccccc1)cn2-c1cccc(C(F)(F)F)c1. The van der Waals surface area contributed by atoms with Crippen molar-refractivity contribution < 1.29 is 13.2 Å². The normalized spacial score (nSPS) is 11.7. The summed E-state index contributed by atoms with van der Waals surface area (Å²) in [7, 11) is 1.75. The Hall–Kier alpha value is -3.35. The van der Waals surface area contributed by atoms with Crippen LogP contribution in [0.2, 0.25) is 0 Å². The molecule has 0 aliphatic carbocycles. The Labute approximate surface area is 153 Å². The molecule has 27 heavy (non-hydrogen) atoms. The number of rotatable bonds is 3. The summed E-state index contributed by atoms with van der Waals surface area (Å²) in [5.41, 5.74) is 1.99. The molecule has 0 saturated carbocycles. The minimum absolute atomic E-state index is 0.387. The fourth-order valence-corrected chi connectivity index (χ4v) is 3.12. The van der Waals surface area contributed by atoms with Gasteiger partial charge in [0.2, 0.25) is 0 Å². The molecule has 0 radical (unpaired) electrons. The summed E-state index contributed by atoms with van der Waals surface area (Å²) in [5.74, 6) is 0.615. The fourth-order valence-electron chi connectivity index (χ4n) is 3.12. The standard InChI is InChI=1S/C20H15F3N4/c1-24-18-17-16(13-6-3-2-4-7-13)11-27(19(17)26-12-25-18)15-9-5-8-14(10-15)20(21,22)23/h2-12H,1H3,(H,24,25,26). The molecule has 0 saturated heterocycles. The summed E-state index contributed by atoms with van der Waals surface area (Å²) in [6.45, 7) is 0. The van der Waals surface area contributed by atoms with E-state index in [1.54, 1.807) is 23.9 Å². The summed E-state index contributed by atoms with van der Waals surface area (Å²) in [6, 6.07) is 14.8. The lowest BCUT2D eigenvalue weighted by Gasteiger charge is -2.10. The Morgan fingerprint density at radius 1 is 0.963 bits per heavy atom. The Morgan fingerprint density at radius 3 is 2.44 bits per heavy atom. The van der Waals surface area contributed by atoms with Gasteiger partial charge in [0.15, 0.2) is 5.65 Å². The average molecular weight is 368 g/mol. The highest BCUT2D eigenvalue weighted by Gasteiger charge is 2.30. The van der Waals surface area contributed by atoms with Gasteiger partial charge in [-0.2, -0.15) is 13.2 Å². The van der Waals surface area contributed by atoms with Crippen LogP contribution >= 0.6 is 0 Å². The van der Waals surface area contributed by atoms with Crippen LogP contribution in [0.25, 0.3) is 27.8 Å². The molecule has 7 heteroatoms. The van der Waals surface area contributed by atoms with E-state index in [1.165, 1.54) is 12.4 Å². The van der Waals surface area contributed by atoms with Crippen LogP contribution in [0, 0.1) is 0 Å². The largest absolute Gasteiger partial charge is 0.416 e. The lowest BCUT2D eigenvalue weighted by molar-refractivity contribution is -0.137. The number of anilines is 1. The molecule has 4 rings (SSSR count). The zero-order valence-electron chi connectivity index (χ0n) is 14.3. The number of fused-ring (bicyclic) bond motifs is 1. The lowest BCUT2D eigenvalue weighted by Crippen LogP contribution is -2.06. The second-order valence-corrected chi connectivity index (χ2v) is 6.00. The topological polar surface area (TPSA) is 42.7 Å². The van der Waals surface area contributed by atoms with Crippen LogP contribution in [0.1, 0.15) is 5.56 Å². The number of hydrogen-bond acceptors (Lipinski definition) is 3. The lowest BCUT2D eigenvalue weighted by atomic mass is 10.1. The summed E-state index contributed by atoms with van der Waals surface area (Å²) in [6.07, 6.45) is -1.22. The molecule has 4 aromatic rings. The van der Waals surface area contributed by atoms with E-state index in [2.05, 4.69) is 15.3 Å². The summed E-state index contributed by atoms with van der Waals surface area (Å²) in [5, 5.41) is 3.79. The van der Waals surface area contributed by atoms with Gasteiger partial charge in [0, 0.05) is 24.5 Å². The number of benzene rings is 2. The van der Waals surface area contributed by atoms with E-state index >= 15 is 0 Å². The molecular weight excluding hydrogens is 353 g/mol. The van der Waals surface area contributed by atoms with Gasteiger partial charge in [-0.15, -0.1) is 0 Å². The number of halogens is 3. The molecule has 0 fully saturated rings. The highest BCUT2D eigenvalue weighted by atomic mass is 19.4. The van der Waals surface area contributed by atoms with E-state index in [1.807, 2.05) is 30.3 Å². The predicted molar refractivity (Wildman–Crippen MR) is 98.8 cm³/mol. The molecule has 136 valence electrons. The van der Waals surface area contributed by atoms with Crippen molar-refractivity contribution in [1.82, 2.24) is 14.5 Å². The van der Waals surface area contributed by atoms with Crippen LogP contribution in [-0.4, -0.2) is 21.6 Å². The van der Waals surface area contributed by atoms with Crippen LogP contribution in [-0.2, 0) is 6.18 Å². The van der Waals surface area contributed by atoms with Crippen molar-refractivity contribution in [2.45, 2.75) is 6.18 Å². The highest BCUT2D eigenvalue weighted by molar-refractivity contribution is 6.02. The maximum absolute atomic E-state index is 13.1. The Balaban J connectivity index is 2.01.